The van der Waals surface area contributed by atoms with Crippen LogP contribution in [0.15, 0.2) is 0 Å². The highest BCUT2D eigenvalue weighted by Gasteiger charge is 2.24. The Morgan fingerprint density at radius 3 is 2.88 bits per heavy atom. The van der Waals surface area contributed by atoms with E-state index in [4.69, 9.17) is 5.26 Å². The van der Waals surface area contributed by atoms with Crippen molar-refractivity contribution < 1.29 is 0 Å². The first kappa shape index (κ1) is 11.0. The topological polar surface area (TPSA) is 53.6 Å². The van der Waals surface area contributed by atoms with Crippen molar-refractivity contribution >= 4 is 5.82 Å². The molecule has 0 bridgehead atoms. The Kier molecular flexibility index (Phi) is 2.86. The monoisotopic (exact) mass is 218 g/mol. The molecule has 1 aromatic heterocycles. The maximum atomic E-state index is 9.08. The third-order valence-corrected chi connectivity index (χ3v) is 3.10. The maximum Gasteiger partial charge on any atom is 0.142 e. The van der Waals surface area contributed by atoms with Crippen LogP contribution in [0, 0.1) is 24.2 Å². The Balaban J connectivity index is 2.10. The van der Waals surface area contributed by atoms with Gasteiger partial charge in [0.05, 0.1) is 5.69 Å². The Bertz CT molecular complexity index is 423. The van der Waals surface area contributed by atoms with Gasteiger partial charge in [0.2, 0.25) is 0 Å². The van der Waals surface area contributed by atoms with Crippen LogP contribution in [0.1, 0.15) is 37.4 Å². The van der Waals surface area contributed by atoms with E-state index < -0.39 is 0 Å². The molecule has 0 radical (unpaired) electrons. The molecule has 0 saturated heterocycles. The SMILES string of the molecule is Cc1nn(C)c(NC(C)CC2CC2)c1C#N. The highest BCUT2D eigenvalue weighted by atomic mass is 15.3. The van der Waals surface area contributed by atoms with E-state index in [1.165, 1.54) is 19.3 Å². The summed E-state index contributed by atoms with van der Waals surface area (Å²) in [5.74, 6) is 1.75. The van der Waals surface area contributed by atoms with Gasteiger partial charge in [0.1, 0.15) is 17.5 Å². The second-order valence-electron chi connectivity index (χ2n) is 4.77. The average molecular weight is 218 g/mol. The van der Waals surface area contributed by atoms with E-state index in [1.54, 1.807) is 4.68 Å². The molecule has 1 heterocycles. The number of hydrogen-bond donors (Lipinski definition) is 1. The van der Waals surface area contributed by atoms with Crippen LogP contribution in [0.3, 0.4) is 0 Å². The largest absolute Gasteiger partial charge is 0.367 e. The number of aromatic nitrogens is 2. The number of anilines is 1. The summed E-state index contributed by atoms with van der Waals surface area (Å²) in [7, 11) is 1.88. The molecule has 1 aliphatic rings. The minimum absolute atomic E-state index is 0.411. The molecule has 1 fully saturated rings. The number of aryl methyl sites for hydroxylation is 2. The zero-order chi connectivity index (χ0) is 11.7. The standard InChI is InChI=1S/C12H18N4/c1-8(6-10-4-5-10)14-12-11(7-13)9(2)15-16(12)3/h8,10,14H,4-6H2,1-3H3. The molecule has 1 aliphatic carbocycles. The summed E-state index contributed by atoms with van der Waals surface area (Å²) >= 11 is 0. The van der Waals surface area contributed by atoms with Gasteiger partial charge in [0.25, 0.3) is 0 Å². The fraction of sp³-hybridized carbons (Fsp3) is 0.667. The minimum atomic E-state index is 0.411. The van der Waals surface area contributed by atoms with E-state index in [0.29, 0.717) is 11.6 Å². The summed E-state index contributed by atoms with van der Waals surface area (Å²) in [4.78, 5) is 0. The Morgan fingerprint density at radius 2 is 2.31 bits per heavy atom. The summed E-state index contributed by atoms with van der Waals surface area (Å²) in [6.07, 6.45) is 3.91. The van der Waals surface area contributed by atoms with Crippen molar-refractivity contribution in [2.24, 2.45) is 13.0 Å². The molecule has 0 aliphatic heterocycles. The van der Waals surface area contributed by atoms with Crippen molar-refractivity contribution in [1.82, 2.24) is 9.78 Å². The number of nitriles is 1. The normalized spacial score (nSPS) is 16.9. The highest BCUT2D eigenvalue weighted by molar-refractivity contribution is 5.55. The predicted molar refractivity (Wildman–Crippen MR) is 63.1 cm³/mol. The van der Waals surface area contributed by atoms with Gasteiger partial charge in [-0.3, -0.25) is 4.68 Å². The predicted octanol–water partition coefficient (Wildman–Crippen LogP) is 2.20. The number of rotatable bonds is 4. The summed E-state index contributed by atoms with van der Waals surface area (Å²) in [5, 5.41) is 16.7. The van der Waals surface area contributed by atoms with Crippen molar-refractivity contribution in [3.63, 3.8) is 0 Å². The second kappa shape index (κ2) is 4.17. The Labute approximate surface area is 96.3 Å². The molecular formula is C12H18N4. The Hall–Kier alpha value is -1.50. The fourth-order valence-electron chi connectivity index (χ4n) is 2.10. The minimum Gasteiger partial charge on any atom is -0.367 e. The van der Waals surface area contributed by atoms with E-state index in [1.807, 2.05) is 14.0 Å². The van der Waals surface area contributed by atoms with Crippen LogP contribution in [0.5, 0.6) is 0 Å². The van der Waals surface area contributed by atoms with Gasteiger partial charge in [0.15, 0.2) is 0 Å². The van der Waals surface area contributed by atoms with E-state index in [-0.39, 0.29) is 0 Å². The molecule has 0 aromatic carbocycles. The zero-order valence-corrected chi connectivity index (χ0v) is 10.1. The van der Waals surface area contributed by atoms with Crippen molar-refractivity contribution in [1.29, 1.82) is 5.26 Å². The molecule has 0 spiro atoms. The van der Waals surface area contributed by atoms with Gasteiger partial charge in [-0.15, -0.1) is 0 Å². The molecule has 4 heteroatoms. The zero-order valence-electron chi connectivity index (χ0n) is 10.1. The van der Waals surface area contributed by atoms with Gasteiger partial charge < -0.3 is 5.32 Å². The molecule has 4 nitrogen and oxygen atoms in total. The molecular weight excluding hydrogens is 200 g/mol. The van der Waals surface area contributed by atoms with Gasteiger partial charge in [-0.1, -0.05) is 12.8 Å². The summed E-state index contributed by atoms with van der Waals surface area (Å²) in [6.45, 7) is 4.04. The molecule has 86 valence electrons. The van der Waals surface area contributed by atoms with E-state index in [9.17, 15) is 0 Å². The lowest BCUT2D eigenvalue weighted by Crippen LogP contribution is -2.18. The summed E-state index contributed by atoms with van der Waals surface area (Å²) in [5.41, 5.74) is 1.47. The van der Waals surface area contributed by atoms with Gasteiger partial charge >= 0.3 is 0 Å². The van der Waals surface area contributed by atoms with Gasteiger partial charge in [-0.05, 0) is 26.2 Å². The second-order valence-corrected chi connectivity index (χ2v) is 4.77. The molecule has 0 amide bonds. The van der Waals surface area contributed by atoms with Crippen LogP contribution in [-0.4, -0.2) is 15.8 Å². The van der Waals surface area contributed by atoms with Crippen LogP contribution < -0.4 is 5.32 Å². The van der Waals surface area contributed by atoms with E-state index >= 15 is 0 Å². The third-order valence-electron chi connectivity index (χ3n) is 3.10. The quantitative estimate of drug-likeness (QED) is 0.843. The number of hydrogen-bond acceptors (Lipinski definition) is 3. The Morgan fingerprint density at radius 1 is 1.62 bits per heavy atom. The summed E-state index contributed by atoms with van der Waals surface area (Å²) in [6, 6.07) is 2.62. The van der Waals surface area contributed by atoms with Gasteiger partial charge in [-0.2, -0.15) is 10.4 Å². The molecule has 1 saturated carbocycles. The molecule has 1 aromatic rings. The van der Waals surface area contributed by atoms with Crippen molar-refractivity contribution in [3.05, 3.63) is 11.3 Å². The van der Waals surface area contributed by atoms with Crippen LogP contribution in [0.4, 0.5) is 5.82 Å². The van der Waals surface area contributed by atoms with E-state index in [0.717, 1.165) is 17.4 Å². The first-order chi connectivity index (χ1) is 7.61. The van der Waals surface area contributed by atoms with Crippen molar-refractivity contribution in [3.8, 4) is 6.07 Å². The molecule has 2 rings (SSSR count). The third kappa shape index (κ3) is 2.19. The lowest BCUT2D eigenvalue weighted by atomic mass is 10.1. The molecule has 16 heavy (non-hydrogen) atoms. The molecule has 1 atom stereocenters. The van der Waals surface area contributed by atoms with Crippen molar-refractivity contribution in [2.45, 2.75) is 39.2 Å². The fourth-order valence-corrected chi connectivity index (χ4v) is 2.10. The van der Waals surface area contributed by atoms with Crippen LogP contribution in [0.25, 0.3) is 0 Å². The van der Waals surface area contributed by atoms with Crippen LogP contribution in [0.2, 0.25) is 0 Å². The maximum absolute atomic E-state index is 9.08. The van der Waals surface area contributed by atoms with Gasteiger partial charge in [0, 0.05) is 13.1 Å². The average Bonchev–Trinajstić information content (AvgIpc) is 2.96. The first-order valence-electron chi connectivity index (χ1n) is 5.82. The van der Waals surface area contributed by atoms with Crippen molar-refractivity contribution in [2.75, 3.05) is 5.32 Å². The van der Waals surface area contributed by atoms with Gasteiger partial charge in [-0.25, -0.2) is 0 Å². The van der Waals surface area contributed by atoms with E-state index in [2.05, 4.69) is 23.4 Å². The van der Waals surface area contributed by atoms with Crippen LogP contribution >= 0.6 is 0 Å². The lowest BCUT2D eigenvalue weighted by Gasteiger charge is -2.14. The summed E-state index contributed by atoms with van der Waals surface area (Å²) < 4.78 is 1.76. The highest BCUT2D eigenvalue weighted by Crippen LogP contribution is 2.34. The number of nitrogens with one attached hydrogen (secondary N) is 1. The van der Waals surface area contributed by atoms with Crippen LogP contribution in [-0.2, 0) is 7.05 Å². The number of nitrogens with zero attached hydrogens (tertiary/aromatic N) is 3. The first-order valence-corrected chi connectivity index (χ1v) is 5.82. The smallest absolute Gasteiger partial charge is 0.142 e. The molecule has 1 N–H and O–H groups in total. The lowest BCUT2D eigenvalue weighted by molar-refractivity contribution is 0.631. The molecule has 1 unspecified atom stereocenters.